The Morgan fingerprint density at radius 3 is 2.47 bits per heavy atom. The second kappa shape index (κ2) is 5.40. The van der Waals surface area contributed by atoms with E-state index in [4.69, 9.17) is 8.84 Å². The number of hydrogen-bond donors (Lipinski definition) is 1. The Morgan fingerprint density at radius 1 is 1.42 bits per heavy atom. The maximum absolute atomic E-state index is 12.0. The van der Waals surface area contributed by atoms with Crippen molar-refractivity contribution in [3.8, 4) is 0 Å². The first-order valence-corrected chi connectivity index (χ1v) is 9.79. The lowest BCUT2D eigenvalue weighted by Crippen LogP contribution is -3.20. The van der Waals surface area contributed by atoms with Gasteiger partial charge in [0.15, 0.2) is 25.7 Å². The number of quaternary nitrogens is 1. The Hall–Kier alpha value is -0.623. The lowest BCUT2D eigenvalue weighted by atomic mass is 9.86. The molecule has 1 aliphatic heterocycles. The summed E-state index contributed by atoms with van der Waals surface area (Å²) >= 11 is 0. The largest absolute Gasteiger partial charge is 0.634 e. The van der Waals surface area contributed by atoms with E-state index in [1.807, 2.05) is 12.1 Å². The quantitative estimate of drug-likeness (QED) is 0.644. The van der Waals surface area contributed by atoms with Crippen LogP contribution in [0.5, 0.6) is 0 Å². The van der Waals surface area contributed by atoms with Gasteiger partial charge in [0.1, 0.15) is 6.54 Å². The molecule has 0 aliphatic carbocycles. The van der Waals surface area contributed by atoms with Crippen molar-refractivity contribution in [1.82, 2.24) is 0 Å². The first-order chi connectivity index (χ1) is 9.00. The molecule has 1 fully saturated rings. The smallest absolute Gasteiger partial charge is 0.193 e. The predicted octanol–water partition coefficient (Wildman–Crippen LogP) is 2.50. The van der Waals surface area contributed by atoms with Crippen LogP contribution in [0.4, 0.5) is 0 Å². The van der Waals surface area contributed by atoms with Gasteiger partial charge in [0.25, 0.3) is 0 Å². The van der Waals surface area contributed by atoms with E-state index in [2.05, 4.69) is 27.7 Å². The molecule has 1 aromatic heterocycles. The fraction of sp³-hybridized carbons (Fsp3) is 0.714. The Labute approximate surface area is 116 Å². The van der Waals surface area contributed by atoms with Crippen molar-refractivity contribution in [2.45, 2.75) is 57.5 Å². The average Bonchev–Trinajstić information content (AvgIpc) is 2.88. The molecule has 108 valence electrons. The van der Waals surface area contributed by atoms with Gasteiger partial charge in [-0.05, 0) is 37.2 Å². The van der Waals surface area contributed by atoms with Crippen LogP contribution in [-0.4, -0.2) is 20.5 Å². The average molecular weight is 283 g/mol. The summed E-state index contributed by atoms with van der Waals surface area (Å²) in [5, 5.41) is 12.2. The maximum atomic E-state index is 12.0. The molecule has 1 unspecified atom stereocenters. The van der Waals surface area contributed by atoms with Crippen LogP contribution in [0.25, 0.3) is 0 Å². The highest BCUT2D eigenvalue weighted by atomic mass is 28.4. The summed E-state index contributed by atoms with van der Waals surface area (Å²) in [6.45, 7) is 9.23. The minimum absolute atomic E-state index is 0.209. The third kappa shape index (κ3) is 2.52. The van der Waals surface area contributed by atoms with Gasteiger partial charge in [-0.15, -0.1) is 0 Å². The summed E-state index contributed by atoms with van der Waals surface area (Å²) in [6, 6.07) is 6.83. The van der Waals surface area contributed by atoms with E-state index in [1.165, 1.54) is 0 Å². The molecule has 1 N–H and O–H groups in total. The Bertz CT molecular complexity index is 397. The first-order valence-electron chi connectivity index (χ1n) is 7.26. The number of furan rings is 1. The molecule has 0 aromatic carbocycles. The molecule has 1 aliphatic rings. The minimum Gasteiger partial charge on any atom is -0.634 e. The second-order valence-electron chi connectivity index (χ2n) is 5.75. The molecular formula is C14H25NO3Si. The van der Waals surface area contributed by atoms with Crippen LogP contribution in [0.3, 0.4) is 0 Å². The number of hydroxylamine groups is 2. The summed E-state index contributed by atoms with van der Waals surface area (Å²) in [7, 11) is -1.70. The Morgan fingerprint density at radius 2 is 2.05 bits per heavy atom. The normalized spacial score (nSPS) is 31.2. The molecule has 1 aromatic rings. The summed E-state index contributed by atoms with van der Waals surface area (Å²) < 4.78 is 12.0. The van der Waals surface area contributed by atoms with Gasteiger partial charge in [-0.2, -0.15) is 0 Å². The van der Waals surface area contributed by atoms with E-state index in [-0.39, 0.29) is 16.7 Å². The lowest BCUT2D eigenvalue weighted by Gasteiger charge is -2.55. The highest BCUT2D eigenvalue weighted by molar-refractivity contribution is 6.73. The standard InChI is InChI=1S/C14H25NO3Si/c1-5-19(6-2,7-3)18-14(4)11-15(16)13(14)12-9-8-10-17-12/h8-10,13,15H,5-7,11H2,1-4H3/t13-,14-/m1/s1. The van der Waals surface area contributed by atoms with E-state index in [0.29, 0.717) is 6.54 Å². The van der Waals surface area contributed by atoms with E-state index in [0.717, 1.165) is 23.9 Å². The van der Waals surface area contributed by atoms with Crippen molar-refractivity contribution in [2.75, 3.05) is 6.54 Å². The van der Waals surface area contributed by atoms with Gasteiger partial charge in [0.05, 0.1) is 6.26 Å². The lowest BCUT2D eigenvalue weighted by molar-refractivity contribution is -0.950. The van der Waals surface area contributed by atoms with Crippen LogP contribution in [0.15, 0.2) is 22.8 Å². The predicted molar refractivity (Wildman–Crippen MR) is 77.3 cm³/mol. The zero-order chi connectivity index (χ0) is 14.1. The third-order valence-electron chi connectivity index (χ3n) is 4.67. The zero-order valence-electron chi connectivity index (χ0n) is 12.4. The van der Waals surface area contributed by atoms with Gasteiger partial charge < -0.3 is 19.1 Å². The van der Waals surface area contributed by atoms with Gasteiger partial charge in [-0.1, -0.05) is 20.8 Å². The van der Waals surface area contributed by atoms with E-state index < -0.39 is 8.32 Å². The van der Waals surface area contributed by atoms with Crippen molar-refractivity contribution in [1.29, 1.82) is 0 Å². The van der Waals surface area contributed by atoms with Crippen LogP contribution in [-0.2, 0) is 4.43 Å². The van der Waals surface area contributed by atoms with Gasteiger partial charge in [-0.25, -0.2) is 0 Å². The first kappa shape index (κ1) is 14.8. The molecule has 1 saturated heterocycles. The molecule has 4 nitrogen and oxygen atoms in total. The second-order valence-corrected chi connectivity index (χ2v) is 10.4. The molecule has 3 atom stereocenters. The molecule has 0 spiro atoms. The summed E-state index contributed by atoms with van der Waals surface area (Å²) in [5.41, 5.74) is -0.358. The summed E-state index contributed by atoms with van der Waals surface area (Å²) in [5.74, 6) is 0.755. The number of nitrogens with one attached hydrogen (secondary N) is 1. The monoisotopic (exact) mass is 283 g/mol. The number of rotatable bonds is 6. The maximum Gasteiger partial charge on any atom is 0.193 e. The van der Waals surface area contributed by atoms with Crippen LogP contribution in [0.1, 0.15) is 39.5 Å². The van der Waals surface area contributed by atoms with Crippen LogP contribution in [0.2, 0.25) is 18.1 Å². The summed E-state index contributed by atoms with van der Waals surface area (Å²) in [4.78, 5) is 0. The van der Waals surface area contributed by atoms with E-state index >= 15 is 0 Å². The van der Waals surface area contributed by atoms with E-state index in [1.54, 1.807) is 6.26 Å². The summed E-state index contributed by atoms with van der Waals surface area (Å²) in [6.07, 6.45) is 1.63. The molecular weight excluding hydrogens is 258 g/mol. The molecule has 0 amide bonds. The highest BCUT2D eigenvalue weighted by Gasteiger charge is 2.57. The van der Waals surface area contributed by atoms with Crippen LogP contribution >= 0.6 is 0 Å². The van der Waals surface area contributed by atoms with E-state index in [9.17, 15) is 5.21 Å². The molecule has 0 bridgehead atoms. The zero-order valence-corrected chi connectivity index (χ0v) is 13.4. The minimum atomic E-state index is -1.70. The molecule has 19 heavy (non-hydrogen) atoms. The van der Waals surface area contributed by atoms with Crippen molar-refractivity contribution in [3.63, 3.8) is 0 Å². The number of hydrogen-bond acceptors (Lipinski definition) is 3. The molecule has 2 heterocycles. The van der Waals surface area contributed by atoms with Gasteiger partial charge >= 0.3 is 0 Å². The molecule has 5 heteroatoms. The van der Waals surface area contributed by atoms with Crippen molar-refractivity contribution < 1.29 is 13.9 Å². The fourth-order valence-corrected chi connectivity index (χ4v) is 6.34. The fourth-order valence-electron chi connectivity index (χ4n) is 3.23. The SMILES string of the molecule is CC[Si](CC)(CC)O[C@]1(C)C[NH+]([O-])[C@@H]1c1ccco1. The topological polar surface area (TPSA) is 49.9 Å². The van der Waals surface area contributed by atoms with Crippen molar-refractivity contribution in [3.05, 3.63) is 29.4 Å². The van der Waals surface area contributed by atoms with Crippen molar-refractivity contribution >= 4 is 8.32 Å². The van der Waals surface area contributed by atoms with Gasteiger partial charge in [-0.3, -0.25) is 0 Å². The van der Waals surface area contributed by atoms with Crippen molar-refractivity contribution in [2.24, 2.45) is 0 Å². The van der Waals surface area contributed by atoms with Gasteiger partial charge in [0, 0.05) is 0 Å². The van der Waals surface area contributed by atoms with Crippen LogP contribution in [0, 0.1) is 5.21 Å². The van der Waals surface area contributed by atoms with Gasteiger partial charge in [0.2, 0.25) is 0 Å². The highest BCUT2D eigenvalue weighted by Crippen LogP contribution is 2.37. The Balaban J connectivity index is 2.19. The Kier molecular flexibility index (Phi) is 4.20. The molecule has 2 rings (SSSR count). The molecule has 0 radical (unpaired) electrons. The third-order valence-corrected chi connectivity index (χ3v) is 9.43. The molecule has 0 saturated carbocycles. The van der Waals surface area contributed by atoms with Crippen LogP contribution < -0.4 is 5.06 Å².